The number of amides is 1. The number of ketones is 1. The molecule has 1 aromatic heterocycles. The van der Waals surface area contributed by atoms with E-state index < -0.39 is 17.9 Å². The molecule has 1 heterocycles. The number of Topliss-reactive ketones (excluding diaryl/α,β-unsaturated/α-hetero) is 1. The topological polar surface area (TPSA) is 92.4 Å². The molecule has 4 N–H and O–H groups in total. The lowest BCUT2D eigenvalue weighted by atomic mass is 10.1. The summed E-state index contributed by atoms with van der Waals surface area (Å²) in [5, 5.41) is 13.0. The summed E-state index contributed by atoms with van der Waals surface area (Å²) >= 11 is 0.820. The third kappa shape index (κ3) is 3.60. The van der Waals surface area contributed by atoms with Crippen LogP contribution in [0.2, 0.25) is 0 Å². The molecule has 0 radical (unpaired) electrons. The van der Waals surface area contributed by atoms with Gasteiger partial charge in [0.05, 0.1) is 5.56 Å². The van der Waals surface area contributed by atoms with E-state index in [9.17, 15) is 23.5 Å². The number of hydrogen-bond acceptors (Lipinski definition) is 5. The van der Waals surface area contributed by atoms with Crippen molar-refractivity contribution in [1.29, 1.82) is 0 Å². The lowest BCUT2D eigenvalue weighted by Gasteiger charge is -2.20. The van der Waals surface area contributed by atoms with Gasteiger partial charge in [0.15, 0.2) is 11.4 Å². The Hall–Kier alpha value is -2.32. The standard InChI is InChI=1S/C16H16F2N2O3S/c1-8(21)9-3-5-10(6-4-9)20-14-11(13(19)22)7-12(24-14)16(2,23)15(17)18/h3-7,15,20,23H,1-2H3,(H2,19,22). The molecular formula is C16H16F2N2O3S. The Morgan fingerprint density at radius 2 is 1.88 bits per heavy atom. The minimum absolute atomic E-state index is 0.00608. The van der Waals surface area contributed by atoms with E-state index in [1.54, 1.807) is 24.3 Å². The highest BCUT2D eigenvalue weighted by molar-refractivity contribution is 7.16. The SMILES string of the molecule is CC(=O)c1ccc(Nc2sc(C(C)(O)C(F)F)cc2C(N)=O)cc1. The molecule has 1 atom stereocenters. The van der Waals surface area contributed by atoms with Crippen LogP contribution in [0.5, 0.6) is 0 Å². The van der Waals surface area contributed by atoms with Gasteiger partial charge in [0.25, 0.3) is 12.3 Å². The molecule has 0 saturated carbocycles. The Morgan fingerprint density at radius 3 is 2.33 bits per heavy atom. The molecule has 8 heteroatoms. The third-order valence-electron chi connectivity index (χ3n) is 3.47. The van der Waals surface area contributed by atoms with Crippen LogP contribution in [0.25, 0.3) is 0 Å². The number of rotatable bonds is 6. The molecule has 2 rings (SSSR count). The number of benzene rings is 1. The fourth-order valence-corrected chi connectivity index (χ4v) is 3.07. The van der Waals surface area contributed by atoms with Crippen molar-refractivity contribution in [3.8, 4) is 0 Å². The van der Waals surface area contributed by atoms with E-state index in [2.05, 4.69) is 5.32 Å². The van der Waals surface area contributed by atoms with Crippen molar-refractivity contribution in [3.63, 3.8) is 0 Å². The van der Waals surface area contributed by atoms with Crippen LogP contribution in [-0.2, 0) is 5.60 Å². The molecule has 24 heavy (non-hydrogen) atoms. The summed E-state index contributed by atoms with van der Waals surface area (Å²) in [6, 6.07) is 7.58. The van der Waals surface area contributed by atoms with E-state index in [1.807, 2.05) is 0 Å². The van der Waals surface area contributed by atoms with Gasteiger partial charge in [-0.15, -0.1) is 11.3 Å². The van der Waals surface area contributed by atoms with Gasteiger partial charge in [0.1, 0.15) is 5.00 Å². The van der Waals surface area contributed by atoms with Crippen LogP contribution < -0.4 is 11.1 Å². The van der Waals surface area contributed by atoms with Gasteiger partial charge in [-0.3, -0.25) is 9.59 Å². The van der Waals surface area contributed by atoms with Crippen LogP contribution in [0.4, 0.5) is 19.5 Å². The fraction of sp³-hybridized carbons (Fsp3) is 0.250. The van der Waals surface area contributed by atoms with E-state index >= 15 is 0 Å². The van der Waals surface area contributed by atoms with Crippen LogP contribution in [0, 0.1) is 0 Å². The Bertz CT molecular complexity index is 770. The minimum atomic E-state index is -3.01. The molecule has 0 aliphatic rings. The Balaban J connectivity index is 2.37. The summed E-state index contributed by atoms with van der Waals surface area (Å²) in [7, 11) is 0. The maximum atomic E-state index is 13.0. The van der Waals surface area contributed by atoms with Gasteiger partial charge in [-0.05, 0) is 44.2 Å². The molecule has 0 spiro atoms. The number of carbonyl (C=O) groups excluding carboxylic acids is 2. The highest BCUT2D eigenvalue weighted by atomic mass is 32.1. The Kier molecular flexibility index (Phi) is 5.00. The molecule has 1 unspecified atom stereocenters. The van der Waals surface area contributed by atoms with Crippen molar-refractivity contribution in [2.75, 3.05) is 5.32 Å². The molecule has 0 saturated heterocycles. The van der Waals surface area contributed by atoms with Gasteiger partial charge in [0.2, 0.25) is 0 Å². The summed E-state index contributed by atoms with van der Waals surface area (Å²) in [5.41, 5.74) is 3.97. The van der Waals surface area contributed by atoms with Crippen LogP contribution in [-0.4, -0.2) is 23.2 Å². The van der Waals surface area contributed by atoms with Gasteiger partial charge in [-0.1, -0.05) is 0 Å². The summed E-state index contributed by atoms with van der Waals surface area (Å²) in [6.07, 6.45) is -3.01. The van der Waals surface area contributed by atoms with E-state index in [0.717, 1.165) is 24.3 Å². The number of carbonyl (C=O) groups is 2. The normalized spacial score (nSPS) is 13.6. The summed E-state index contributed by atoms with van der Waals surface area (Å²) in [5.74, 6) is -0.892. The van der Waals surface area contributed by atoms with Crippen molar-refractivity contribution in [1.82, 2.24) is 0 Å². The Labute approximate surface area is 141 Å². The quantitative estimate of drug-likeness (QED) is 0.694. The summed E-state index contributed by atoms with van der Waals surface area (Å²) in [6.45, 7) is 2.41. The van der Waals surface area contributed by atoms with Crippen LogP contribution >= 0.6 is 11.3 Å². The monoisotopic (exact) mass is 354 g/mol. The van der Waals surface area contributed by atoms with Crippen LogP contribution in [0.3, 0.4) is 0 Å². The molecule has 1 amide bonds. The first-order valence-corrected chi connectivity index (χ1v) is 7.77. The molecule has 0 aliphatic carbocycles. The van der Waals surface area contributed by atoms with Gasteiger partial charge in [-0.25, -0.2) is 8.78 Å². The van der Waals surface area contributed by atoms with E-state index in [4.69, 9.17) is 5.73 Å². The van der Waals surface area contributed by atoms with Crippen molar-refractivity contribution >= 4 is 33.7 Å². The average molecular weight is 354 g/mol. The molecule has 0 aliphatic heterocycles. The zero-order chi connectivity index (χ0) is 18.1. The van der Waals surface area contributed by atoms with Gasteiger partial charge < -0.3 is 16.2 Å². The first kappa shape index (κ1) is 18.0. The number of thiophene rings is 1. The average Bonchev–Trinajstić information content (AvgIpc) is 2.92. The number of nitrogens with two attached hydrogens (primary N) is 1. The number of halogens is 2. The Morgan fingerprint density at radius 1 is 1.29 bits per heavy atom. The van der Waals surface area contributed by atoms with Crippen molar-refractivity contribution < 1.29 is 23.5 Å². The zero-order valence-electron chi connectivity index (χ0n) is 13.0. The number of primary amides is 1. The molecule has 128 valence electrons. The molecule has 0 fully saturated rings. The van der Waals surface area contributed by atoms with Crippen LogP contribution in [0.15, 0.2) is 30.3 Å². The first-order valence-electron chi connectivity index (χ1n) is 6.95. The fourth-order valence-electron chi connectivity index (χ4n) is 1.94. The van der Waals surface area contributed by atoms with Crippen molar-refractivity contribution in [3.05, 3.63) is 46.3 Å². The second kappa shape index (κ2) is 6.66. The molecule has 0 bridgehead atoms. The predicted octanol–water partition coefficient (Wildman–Crippen LogP) is 3.27. The smallest absolute Gasteiger partial charge is 0.271 e. The zero-order valence-corrected chi connectivity index (χ0v) is 13.8. The summed E-state index contributed by atoms with van der Waals surface area (Å²) < 4.78 is 26.0. The van der Waals surface area contributed by atoms with Gasteiger partial charge in [-0.2, -0.15) is 0 Å². The van der Waals surface area contributed by atoms with E-state index in [-0.39, 0.29) is 21.2 Å². The van der Waals surface area contributed by atoms with E-state index in [0.29, 0.717) is 11.3 Å². The van der Waals surface area contributed by atoms with Gasteiger partial charge in [0, 0.05) is 16.1 Å². The van der Waals surface area contributed by atoms with Crippen molar-refractivity contribution in [2.24, 2.45) is 5.73 Å². The van der Waals surface area contributed by atoms with Crippen LogP contribution in [0.1, 0.15) is 39.4 Å². The third-order valence-corrected chi connectivity index (χ3v) is 4.75. The number of hydrogen-bond donors (Lipinski definition) is 3. The van der Waals surface area contributed by atoms with E-state index in [1.165, 1.54) is 6.92 Å². The largest absolute Gasteiger partial charge is 0.379 e. The number of anilines is 2. The number of aliphatic hydroxyl groups is 1. The second-order valence-electron chi connectivity index (χ2n) is 5.42. The highest BCUT2D eigenvalue weighted by Gasteiger charge is 2.37. The highest BCUT2D eigenvalue weighted by Crippen LogP contribution is 2.39. The predicted molar refractivity (Wildman–Crippen MR) is 88.1 cm³/mol. The molecule has 1 aromatic carbocycles. The first-order chi connectivity index (χ1) is 11.1. The lowest BCUT2D eigenvalue weighted by molar-refractivity contribution is -0.0859. The lowest BCUT2D eigenvalue weighted by Crippen LogP contribution is -2.29. The maximum Gasteiger partial charge on any atom is 0.271 e. The molecule has 5 nitrogen and oxygen atoms in total. The van der Waals surface area contributed by atoms with Crippen molar-refractivity contribution in [2.45, 2.75) is 25.9 Å². The maximum absolute atomic E-state index is 13.0. The summed E-state index contributed by atoms with van der Waals surface area (Å²) in [4.78, 5) is 22.7. The minimum Gasteiger partial charge on any atom is -0.379 e. The second-order valence-corrected chi connectivity index (χ2v) is 6.48. The molecule has 2 aromatic rings. The molecular weight excluding hydrogens is 338 g/mol. The number of alkyl halides is 2. The number of nitrogens with one attached hydrogen (secondary N) is 1. The van der Waals surface area contributed by atoms with Gasteiger partial charge >= 0.3 is 0 Å².